The zero-order valence-corrected chi connectivity index (χ0v) is 16.6. The largest absolute Gasteiger partial charge is 0.493 e. The van der Waals surface area contributed by atoms with Crippen molar-refractivity contribution in [2.24, 2.45) is 12.0 Å². The molecule has 0 fully saturated rings. The van der Waals surface area contributed by atoms with Crippen LogP contribution in [0.25, 0.3) is 0 Å². The first-order valence-corrected chi connectivity index (χ1v) is 7.29. The molecule has 0 aliphatic heterocycles. The number of nitrogens with one attached hydrogen (secondary N) is 2. The maximum Gasteiger partial charge on any atom is 0.195 e. The lowest BCUT2D eigenvalue weighted by Gasteiger charge is -2.14. The molecule has 2 aromatic rings. The molecule has 1 heterocycles. The second kappa shape index (κ2) is 9.96. The minimum Gasteiger partial charge on any atom is -0.493 e. The summed E-state index contributed by atoms with van der Waals surface area (Å²) in [6.45, 7) is 3.02. The van der Waals surface area contributed by atoms with Crippen molar-refractivity contribution in [1.29, 1.82) is 0 Å². The summed E-state index contributed by atoms with van der Waals surface area (Å²) in [5.41, 5.74) is 0.848. The standard InChI is InChI=1S/C15H22N6O2.HI/c1-5-23-13-8-11(6-7-12(13)22-4)19-15(16-2)17-9-14-20-18-10-21(14)3;/h6-8,10H,5,9H2,1-4H3,(H2,16,17,19);1H. The Morgan fingerprint density at radius 2 is 2.12 bits per heavy atom. The van der Waals surface area contributed by atoms with Crippen LogP contribution in [0.5, 0.6) is 11.5 Å². The summed E-state index contributed by atoms with van der Waals surface area (Å²) in [5.74, 6) is 2.82. The summed E-state index contributed by atoms with van der Waals surface area (Å²) in [6.07, 6.45) is 1.66. The van der Waals surface area contributed by atoms with E-state index in [0.717, 1.165) is 11.5 Å². The van der Waals surface area contributed by atoms with Gasteiger partial charge in [-0.1, -0.05) is 0 Å². The quantitative estimate of drug-likeness (QED) is 0.402. The summed E-state index contributed by atoms with van der Waals surface area (Å²) in [5, 5.41) is 14.3. The summed E-state index contributed by atoms with van der Waals surface area (Å²) in [4.78, 5) is 4.20. The van der Waals surface area contributed by atoms with Gasteiger partial charge in [0.2, 0.25) is 0 Å². The highest BCUT2D eigenvalue weighted by Gasteiger charge is 2.08. The van der Waals surface area contributed by atoms with E-state index < -0.39 is 0 Å². The molecule has 0 aliphatic rings. The molecule has 2 N–H and O–H groups in total. The molecule has 0 aliphatic carbocycles. The van der Waals surface area contributed by atoms with Crippen molar-refractivity contribution in [3.05, 3.63) is 30.4 Å². The molecule has 24 heavy (non-hydrogen) atoms. The second-order valence-electron chi connectivity index (χ2n) is 4.71. The molecule has 1 aromatic heterocycles. The highest BCUT2D eigenvalue weighted by atomic mass is 127. The third-order valence-corrected chi connectivity index (χ3v) is 3.17. The van der Waals surface area contributed by atoms with Gasteiger partial charge in [0.05, 0.1) is 20.3 Å². The van der Waals surface area contributed by atoms with Gasteiger partial charge in [-0.05, 0) is 19.1 Å². The summed E-state index contributed by atoms with van der Waals surface area (Å²) in [7, 11) is 5.22. The molecule has 1 aromatic carbocycles. The number of hydrogen-bond acceptors (Lipinski definition) is 5. The number of nitrogens with zero attached hydrogens (tertiary/aromatic N) is 4. The number of rotatable bonds is 6. The first-order chi connectivity index (χ1) is 11.2. The third-order valence-electron chi connectivity index (χ3n) is 3.17. The third kappa shape index (κ3) is 5.25. The fourth-order valence-electron chi connectivity index (χ4n) is 1.97. The predicted molar refractivity (Wildman–Crippen MR) is 104 cm³/mol. The van der Waals surface area contributed by atoms with E-state index in [0.29, 0.717) is 30.6 Å². The Morgan fingerprint density at radius 3 is 2.71 bits per heavy atom. The van der Waals surface area contributed by atoms with Crippen molar-refractivity contribution in [1.82, 2.24) is 20.1 Å². The molecule has 0 saturated carbocycles. The van der Waals surface area contributed by atoms with Crippen LogP contribution in [-0.4, -0.2) is 41.5 Å². The number of aryl methyl sites for hydroxylation is 1. The van der Waals surface area contributed by atoms with E-state index >= 15 is 0 Å². The summed E-state index contributed by atoms with van der Waals surface area (Å²) < 4.78 is 12.7. The zero-order chi connectivity index (χ0) is 16.7. The van der Waals surface area contributed by atoms with Gasteiger partial charge >= 0.3 is 0 Å². The number of benzene rings is 1. The molecular weight excluding hydrogens is 423 g/mol. The highest BCUT2D eigenvalue weighted by molar-refractivity contribution is 14.0. The van der Waals surface area contributed by atoms with Gasteiger partial charge in [0.15, 0.2) is 23.3 Å². The van der Waals surface area contributed by atoms with E-state index in [1.54, 1.807) is 20.5 Å². The molecule has 0 radical (unpaired) electrons. The Kier molecular flexibility index (Phi) is 8.30. The van der Waals surface area contributed by atoms with Gasteiger partial charge in [0, 0.05) is 25.8 Å². The summed E-state index contributed by atoms with van der Waals surface area (Å²) >= 11 is 0. The van der Waals surface area contributed by atoms with Crippen molar-refractivity contribution >= 4 is 35.6 Å². The SMILES string of the molecule is CCOc1cc(NC(=NC)NCc2nncn2C)ccc1OC.I. The van der Waals surface area contributed by atoms with Gasteiger partial charge in [-0.25, -0.2) is 0 Å². The molecule has 0 bridgehead atoms. The number of guanidine groups is 1. The normalized spacial score (nSPS) is 10.8. The summed E-state index contributed by atoms with van der Waals surface area (Å²) in [6, 6.07) is 5.62. The molecule has 0 atom stereocenters. The predicted octanol–water partition coefficient (Wildman–Crippen LogP) is 2.03. The molecule has 2 rings (SSSR count). The zero-order valence-electron chi connectivity index (χ0n) is 14.2. The average molecular weight is 446 g/mol. The number of hydrogen-bond donors (Lipinski definition) is 2. The number of halogens is 1. The molecule has 132 valence electrons. The molecule has 9 heteroatoms. The Hall–Kier alpha value is -2.04. The van der Waals surface area contributed by atoms with Crippen molar-refractivity contribution < 1.29 is 9.47 Å². The number of aliphatic imine (C=N–C) groups is 1. The van der Waals surface area contributed by atoms with Crippen LogP contribution in [0.2, 0.25) is 0 Å². The van der Waals surface area contributed by atoms with Crippen LogP contribution >= 0.6 is 24.0 Å². The van der Waals surface area contributed by atoms with Crippen molar-refractivity contribution in [2.75, 3.05) is 26.1 Å². The smallest absolute Gasteiger partial charge is 0.195 e. The van der Waals surface area contributed by atoms with Crippen molar-refractivity contribution in [2.45, 2.75) is 13.5 Å². The van der Waals surface area contributed by atoms with Crippen LogP contribution in [0.3, 0.4) is 0 Å². The maximum absolute atomic E-state index is 5.57. The van der Waals surface area contributed by atoms with Crippen LogP contribution in [0.4, 0.5) is 5.69 Å². The fourth-order valence-corrected chi connectivity index (χ4v) is 1.97. The number of methoxy groups -OCH3 is 1. The minimum absolute atomic E-state index is 0. The van der Waals surface area contributed by atoms with Gasteiger partial charge in [0.25, 0.3) is 0 Å². The van der Waals surface area contributed by atoms with E-state index in [2.05, 4.69) is 25.8 Å². The lowest BCUT2D eigenvalue weighted by atomic mass is 10.2. The van der Waals surface area contributed by atoms with E-state index in [1.165, 1.54) is 0 Å². The molecular formula is C15H23IN6O2. The lowest BCUT2D eigenvalue weighted by molar-refractivity contribution is 0.311. The van der Waals surface area contributed by atoms with Crippen molar-refractivity contribution in [3.63, 3.8) is 0 Å². The van der Waals surface area contributed by atoms with E-state index in [-0.39, 0.29) is 24.0 Å². The van der Waals surface area contributed by atoms with Crippen LogP contribution in [0.1, 0.15) is 12.7 Å². The highest BCUT2D eigenvalue weighted by Crippen LogP contribution is 2.30. The number of aromatic nitrogens is 3. The minimum atomic E-state index is 0. The second-order valence-corrected chi connectivity index (χ2v) is 4.71. The Morgan fingerprint density at radius 1 is 1.33 bits per heavy atom. The topological polar surface area (TPSA) is 85.6 Å². The van der Waals surface area contributed by atoms with Crippen LogP contribution in [0.15, 0.2) is 29.5 Å². The monoisotopic (exact) mass is 446 g/mol. The van der Waals surface area contributed by atoms with E-state index in [1.807, 2.05) is 36.7 Å². The van der Waals surface area contributed by atoms with E-state index in [4.69, 9.17) is 9.47 Å². The lowest BCUT2D eigenvalue weighted by Crippen LogP contribution is -2.31. The van der Waals surface area contributed by atoms with Gasteiger partial charge in [-0.15, -0.1) is 34.2 Å². The van der Waals surface area contributed by atoms with E-state index in [9.17, 15) is 0 Å². The van der Waals surface area contributed by atoms with Gasteiger partial charge in [0.1, 0.15) is 6.33 Å². The molecule has 0 saturated heterocycles. The number of ether oxygens (including phenoxy) is 2. The molecule has 8 nitrogen and oxygen atoms in total. The first kappa shape index (κ1) is 20.0. The Balaban J connectivity index is 0.00000288. The average Bonchev–Trinajstić information content (AvgIpc) is 2.97. The van der Waals surface area contributed by atoms with Crippen LogP contribution in [-0.2, 0) is 13.6 Å². The molecule has 0 spiro atoms. The van der Waals surface area contributed by atoms with Gasteiger partial charge in [-0.3, -0.25) is 4.99 Å². The fraction of sp³-hybridized carbons (Fsp3) is 0.400. The Labute approximate surface area is 158 Å². The molecule has 0 unspecified atom stereocenters. The van der Waals surface area contributed by atoms with Crippen LogP contribution < -0.4 is 20.1 Å². The molecule has 0 amide bonds. The maximum atomic E-state index is 5.57. The van der Waals surface area contributed by atoms with Crippen molar-refractivity contribution in [3.8, 4) is 11.5 Å². The van der Waals surface area contributed by atoms with Gasteiger partial charge in [-0.2, -0.15) is 0 Å². The Bertz CT molecular complexity index is 674. The van der Waals surface area contributed by atoms with Crippen LogP contribution in [0, 0.1) is 0 Å². The first-order valence-electron chi connectivity index (χ1n) is 7.29. The number of anilines is 1. The van der Waals surface area contributed by atoms with Gasteiger partial charge < -0.3 is 24.7 Å².